The van der Waals surface area contributed by atoms with Crippen molar-refractivity contribution >= 4 is 34.6 Å². The number of rotatable bonds is 4. The lowest BCUT2D eigenvalue weighted by Crippen LogP contribution is -2.39. The Morgan fingerprint density at radius 3 is 2.77 bits per heavy atom. The number of nitrogens with zero attached hydrogens (tertiary/aromatic N) is 3. The maximum Gasteiger partial charge on any atom is 0.323 e. The van der Waals surface area contributed by atoms with E-state index in [1.54, 1.807) is 22.4 Å². The number of thiazole rings is 1. The third-order valence-corrected chi connectivity index (χ3v) is 5.15. The fourth-order valence-corrected chi connectivity index (χ4v) is 3.57. The van der Waals surface area contributed by atoms with E-state index in [4.69, 9.17) is 0 Å². The average molecular weight is 365 g/mol. The van der Waals surface area contributed by atoms with Gasteiger partial charge in [0.2, 0.25) is 0 Å². The molecule has 1 aliphatic rings. The lowest BCUT2D eigenvalue weighted by molar-refractivity contribution is 0.209. The van der Waals surface area contributed by atoms with Crippen molar-refractivity contribution in [2.45, 2.75) is 20.4 Å². The first-order valence-electron chi connectivity index (χ1n) is 8.47. The highest BCUT2D eigenvalue weighted by molar-refractivity contribution is 7.09. The Labute approximate surface area is 155 Å². The number of aromatic nitrogens is 2. The monoisotopic (exact) mass is 365 g/mol. The molecule has 0 spiro atoms. The minimum atomic E-state index is -0.104. The molecule has 4 rings (SSSR count). The maximum absolute atomic E-state index is 12.0. The molecular formula is C19H19N5OS. The summed E-state index contributed by atoms with van der Waals surface area (Å²) in [5, 5.41) is 9.42. The summed E-state index contributed by atoms with van der Waals surface area (Å²) in [7, 11) is 0. The number of hydrogen-bond acceptors (Lipinski definition) is 5. The predicted molar refractivity (Wildman–Crippen MR) is 105 cm³/mol. The highest BCUT2D eigenvalue weighted by Gasteiger charge is 2.24. The SMILES string of the molecule is CCN1Cc2c(Nc3ccc(-c4csc(C)n4)cc3)ccnc2NC1=O. The van der Waals surface area contributed by atoms with E-state index in [0.717, 1.165) is 33.2 Å². The van der Waals surface area contributed by atoms with Crippen molar-refractivity contribution in [1.29, 1.82) is 0 Å². The molecule has 0 aliphatic carbocycles. The summed E-state index contributed by atoms with van der Waals surface area (Å²) < 4.78 is 0. The van der Waals surface area contributed by atoms with Gasteiger partial charge in [0.25, 0.3) is 0 Å². The molecule has 0 fully saturated rings. The molecule has 6 nitrogen and oxygen atoms in total. The molecule has 7 heteroatoms. The van der Waals surface area contributed by atoms with E-state index in [1.807, 2.05) is 32.0 Å². The van der Waals surface area contributed by atoms with Crippen LogP contribution in [0.2, 0.25) is 0 Å². The number of fused-ring (bicyclic) bond motifs is 1. The number of amides is 2. The van der Waals surface area contributed by atoms with Gasteiger partial charge in [-0.05, 0) is 32.0 Å². The van der Waals surface area contributed by atoms with Gasteiger partial charge in [0.1, 0.15) is 5.82 Å². The van der Waals surface area contributed by atoms with Gasteiger partial charge < -0.3 is 10.2 Å². The summed E-state index contributed by atoms with van der Waals surface area (Å²) >= 11 is 1.65. The Bertz CT molecular complexity index is 951. The van der Waals surface area contributed by atoms with Gasteiger partial charge in [0.05, 0.1) is 17.2 Å². The van der Waals surface area contributed by atoms with Gasteiger partial charge in [-0.2, -0.15) is 0 Å². The zero-order chi connectivity index (χ0) is 18.1. The van der Waals surface area contributed by atoms with E-state index in [9.17, 15) is 4.79 Å². The molecule has 132 valence electrons. The summed E-state index contributed by atoms with van der Waals surface area (Å²) in [5.41, 5.74) is 5.02. The average Bonchev–Trinajstić information content (AvgIpc) is 3.08. The van der Waals surface area contributed by atoms with Crippen molar-refractivity contribution in [2.24, 2.45) is 0 Å². The zero-order valence-corrected chi connectivity index (χ0v) is 15.4. The summed E-state index contributed by atoms with van der Waals surface area (Å²) in [5.74, 6) is 0.624. The lowest BCUT2D eigenvalue weighted by atomic mass is 10.1. The fourth-order valence-electron chi connectivity index (χ4n) is 2.95. The molecule has 1 aliphatic heterocycles. The summed E-state index contributed by atoms with van der Waals surface area (Å²) in [6, 6.07) is 10.0. The third kappa shape index (κ3) is 3.13. The van der Waals surface area contributed by atoms with Gasteiger partial charge in [-0.3, -0.25) is 5.32 Å². The molecular weight excluding hydrogens is 346 g/mol. The molecule has 2 N–H and O–H groups in total. The van der Waals surface area contributed by atoms with E-state index in [0.29, 0.717) is 18.9 Å². The molecule has 0 unspecified atom stereocenters. The van der Waals surface area contributed by atoms with Crippen molar-refractivity contribution in [3.05, 3.63) is 52.5 Å². The van der Waals surface area contributed by atoms with E-state index in [2.05, 4.69) is 38.1 Å². The number of anilines is 3. The molecule has 26 heavy (non-hydrogen) atoms. The Balaban J connectivity index is 1.58. The fraction of sp³-hybridized carbons (Fsp3) is 0.211. The molecule has 0 bridgehead atoms. The Kier molecular flexibility index (Phi) is 4.30. The van der Waals surface area contributed by atoms with Crippen LogP contribution in [0, 0.1) is 6.92 Å². The van der Waals surface area contributed by atoms with Crippen LogP contribution in [0.3, 0.4) is 0 Å². The number of hydrogen-bond donors (Lipinski definition) is 2. The number of carbonyl (C=O) groups excluding carboxylic acids is 1. The Morgan fingerprint density at radius 2 is 2.08 bits per heavy atom. The van der Waals surface area contributed by atoms with E-state index < -0.39 is 0 Å². The normalized spacial score (nSPS) is 13.3. The second-order valence-electron chi connectivity index (χ2n) is 6.08. The van der Waals surface area contributed by atoms with Crippen LogP contribution < -0.4 is 10.6 Å². The van der Waals surface area contributed by atoms with E-state index in [-0.39, 0.29) is 6.03 Å². The molecule has 1 aromatic carbocycles. The number of carbonyl (C=O) groups is 1. The lowest BCUT2D eigenvalue weighted by Gasteiger charge is -2.29. The highest BCUT2D eigenvalue weighted by Crippen LogP contribution is 2.31. The van der Waals surface area contributed by atoms with Gasteiger partial charge in [0, 0.05) is 40.6 Å². The number of pyridine rings is 1. The standard InChI is InChI=1S/C19H19N5OS/c1-3-24-10-15-16(8-9-20-18(15)23-19(24)25)22-14-6-4-13(5-7-14)17-11-26-12(2)21-17/h4-9,11H,3,10H2,1-2H3,(H2,20,22,23,25). The van der Waals surface area contributed by atoms with Gasteiger partial charge in [-0.25, -0.2) is 14.8 Å². The van der Waals surface area contributed by atoms with Crippen molar-refractivity contribution in [2.75, 3.05) is 17.2 Å². The maximum atomic E-state index is 12.0. The quantitative estimate of drug-likeness (QED) is 0.707. The molecule has 2 aromatic heterocycles. The molecule has 0 saturated carbocycles. The topological polar surface area (TPSA) is 70.2 Å². The highest BCUT2D eigenvalue weighted by atomic mass is 32.1. The first kappa shape index (κ1) is 16.5. The van der Waals surface area contributed by atoms with E-state index >= 15 is 0 Å². The van der Waals surface area contributed by atoms with Crippen LogP contribution in [0.1, 0.15) is 17.5 Å². The Hall–Kier alpha value is -2.93. The van der Waals surface area contributed by atoms with Crippen LogP contribution in [0.25, 0.3) is 11.3 Å². The molecule has 3 heterocycles. The number of nitrogens with one attached hydrogen (secondary N) is 2. The van der Waals surface area contributed by atoms with Gasteiger partial charge >= 0.3 is 6.03 Å². The minimum Gasteiger partial charge on any atom is -0.355 e. The van der Waals surface area contributed by atoms with Crippen LogP contribution in [-0.2, 0) is 6.54 Å². The Morgan fingerprint density at radius 1 is 1.27 bits per heavy atom. The third-order valence-electron chi connectivity index (χ3n) is 4.38. The molecule has 0 radical (unpaired) electrons. The molecule has 2 amide bonds. The minimum absolute atomic E-state index is 0.104. The van der Waals surface area contributed by atoms with Crippen molar-refractivity contribution in [1.82, 2.24) is 14.9 Å². The van der Waals surface area contributed by atoms with Gasteiger partial charge in [-0.1, -0.05) is 12.1 Å². The largest absolute Gasteiger partial charge is 0.355 e. The number of aryl methyl sites for hydroxylation is 1. The van der Waals surface area contributed by atoms with Crippen molar-refractivity contribution in [3.63, 3.8) is 0 Å². The predicted octanol–water partition coefficient (Wildman–Crippen LogP) is 4.62. The van der Waals surface area contributed by atoms with E-state index in [1.165, 1.54) is 0 Å². The van der Waals surface area contributed by atoms with Crippen molar-refractivity contribution < 1.29 is 4.79 Å². The second-order valence-corrected chi connectivity index (χ2v) is 7.15. The zero-order valence-electron chi connectivity index (χ0n) is 14.6. The van der Waals surface area contributed by atoms with Crippen LogP contribution in [0.15, 0.2) is 41.9 Å². The molecule has 0 atom stereocenters. The summed E-state index contributed by atoms with van der Waals surface area (Å²) in [4.78, 5) is 22.5. The van der Waals surface area contributed by atoms with Gasteiger partial charge in [-0.15, -0.1) is 11.3 Å². The van der Waals surface area contributed by atoms with Crippen LogP contribution in [-0.4, -0.2) is 27.4 Å². The van der Waals surface area contributed by atoms with Crippen LogP contribution >= 0.6 is 11.3 Å². The number of urea groups is 1. The van der Waals surface area contributed by atoms with Crippen molar-refractivity contribution in [3.8, 4) is 11.3 Å². The first-order valence-corrected chi connectivity index (χ1v) is 9.35. The summed E-state index contributed by atoms with van der Waals surface area (Å²) in [6.45, 7) is 5.17. The summed E-state index contributed by atoms with van der Waals surface area (Å²) in [6.07, 6.45) is 1.70. The molecule has 0 saturated heterocycles. The first-order chi connectivity index (χ1) is 12.6. The number of benzene rings is 1. The smallest absolute Gasteiger partial charge is 0.323 e. The van der Waals surface area contributed by atoms with Crippen LogP contribution in [0.4, 0.5) is 22.0 Å². The van der Waals surface area contributed by atoms with Gasteiger partial charge in [0.15, 0.2) is 0 Å². The van der Waals surface area contributed by atoms with Crippen LogP contribution in [0.5, 0.6) is 0 Å². The second kappa shape index (κ2) is 6.76. The molecule has 3 aromatic rings.